The van der Waals surface area contributed by atoms with Gasteiger partial charge in [-0.15, -0.1) is 0 Å². The zero-order chi connectivity index (χ0) is 13.5. The van der Waals surface area contributed by atoms with E-state index in [4.69, 9.17) is 5.73 Å². The molecule has 98 valence electrons. The SMILES string of the molecule is CCCC[C@@H](NC(=O)c1ccccc1F)C(N)=O. The average Bonchev–Trinajstić information content (AvgIpc) is 2.34. The van der Waals surface area contributed by atoms with Crippen molar-refractivity contribution in [2.75, 3.05) is 0 Å². The highest BCUT2D eigenvalue weighted by atomic mass is 19.1. The van der Waals surface area contributed by atoms with Crippen LogP contribution in [-0.2, 0) is 4.79 Å². The lowest BCUT2D eigenvalue weighted by molar-refractivity contribution is -0.120. The third-order valence-electron chi connectivity index (χ3n) is 2.61. The normalized spacial score (nSPS) is 11.9. The van der Waals surface area contributed by atoms with Crippen molar-refractivity contribution in [3.8, 4) is 0 Å². The van der Waals surface area contributed by atoms with Gasteiger partial charge in [-0.2, -0.15) is 0 Å². The van der Waals surface area contributed by atoms with Crippen LogP contribution < -0.4 is 11.1 Å². The first-order valence-electron chi connectivity index (χ1n) is 5.91. The molecule has 0 unspecified atom stereocenters. The molecule has 1 aromatic carbocycles. The first-order chi connectivity index (χ1) is 8.56. The summed E-state index contributed by atoms with van der Waals surface area (Å²) in [7, 11) is 0. The van der Waals surface area contributed by atoms with Crippen molar-refractivity contribution in [3.05, 3.63) is 35.6 Å². The minimum atomic E-state index is -0.753. The Morgan fingerprint density at radius 1 is 1.39 bits per heavy atom. The fourth-order valence-corrected chi connectivity index (χ4v) is 1.58. The molecule has 0 aromatic heterocycles. The molecule has 0 aliphatic carbocycles. The van der Waals surface area contributed by atoms with Crippen molar-refractivity contribution in [3.63, 3.8) is 0 Å². The molecule has 0 radical (unpaired) electrons. The molecule has 2 amide bonds. The highest BCUT2D eigenvalue weighted by molar-refractivity contribution is 5.97. The number of nitrogens with one attached hydrogen (secondary N) is 1. The highest BCUT2D eigenvalue weighted by Crippen LogP contribution is 2.07. The molecule has 1 atom stereocenters. The number of hydrogen-bond donors (Lipinski definition) is 2. The van der Waals surface area contributed by atoms with Crippen molar-refractivity contribution in [1.82, 2.24) is 5.32 Å². The maximum atomic E-state index is 13.4. The minimum absolute atomic E-state index is 0.0831. The van der Waals surface area contributed by atoms with E-state index in [0.29, 0.717) is 6.42 Å². The third kappa shape index (κ3) is 3.84. The summed E-state index contributed by atoms with van der Waals surface area (Å²) in [6, 6.07) is 4.86. The molecular weight excluding hydrogens is 235 g/mol. The number of carbonyl (C=O) groups excluding carboxylic acids is 2. The van der Waals surface area contributed by atoms with Crippen LogP contribution in [0.2, 0.25) is 0 Å². The maximum absolute atomic E-state index is 13.4. The summed E-state index contributed by atoms with van der Waals surface area (Å²) < 4.78 is 13.4. The van der Waals surface area contributed by atoms with Crippen molar-refractivity contribution in [1.29, 1.82) is 0 Å². The average molecular weight is 252 g/mol. The van der Waals surface area contributed by atoms with Gasteiger partial charge in [0.2, 0.25) is 5.91 Å². The van der Waals surface area contributed by atoms with E-state index in [-0.39, 0.29) is 5.56 Å². The number of hydrogen-bond acceptors (Lipinski definition) is 2. The Morgan fingerprint density at radius 2 is 2.06 bits per heavy atom. The molecule has 1 aromatic rings. The molecule has 0 saturated carbocycles. The summed E-state index contributed by atoms with van der Waals surface area (Å²) in [5.74, 6) is -1.84. The minimum Gasteiger partial charge on any atom is -0.368 e. The molecule has 0 saturated heterocycles. The molecule has 1 rings (SSSR count). The molecule has 0 aliphatic rings. The Labute approximate surface area is 105 Å². The van der Waals surface area contributed by atoms with Crippen molar-refractivity contribution in [2.24, 2.45) is 5.73 Å². The van der Waals surface area contributed by atoms with Crippen LogP contribution in [0.5, 0.6) is 0 Å². The predicted molar refractivity (Wildman–Crippen MR) is 66.4 cm³/mol. The number of amides is 2. The number of primary amides is 1. The second-order valence-corrected chi connectivity index (χ2v) is 4.05. The Hall–Kier alpha value is -1.91. The molecule has 0 aliphatic heterocycles. The van der Waals surface area contributed by atoms with Crippen LogP contribution in [0.15, 0.2) is 24.3 Å². The van der Waals surface area contributed by atoms with Crippen molar-refractivity contribution < 1.29 is 14.0 Å². The Morgan fingerprint density at radius 3 is 2.61 bits per heavy atom. The number of halogens is 1. The molecule has 0 bridgehead atoms. The number of benzene rings is 1. The van der Waals surface area contributed by atoms with E-state index < -0.39 is 23.7 Å². The second-order valence-electron chi connectivity index (χ2n) is 4.05. The van der Waals surface area contributed by atoms with Crippen LogP contribution in [0.4, 0.5) is 4.39 Å². The Kier molecular flexibility index (Phi) is 5.30. The number of rotatable bonds is 6. The predicted octanol–water partition coefficient (Wildman–Crippen LogP) is 1.60. The van der Waals surface area contributed by atoms with Crippen LogP contribution in [-0.4, -0.2) is 17.9 Å². The van der Waals surface area contributed by atoms with Gasteiger partial charge in [0.1, 0.15) is 11.9 Å². The lowest BCUT2D eigenvalue weighted by atomic mass is 10.1. The molecule has 0 fully saturated rings. The summed E-state index contributed by atoms with van der Waals surface area (Å²) in [6.07, 6.45) is 2.12. The van der Waals surface area contributed by atoms with Gasteiger partial charge in [0.25, 0.3) is 5.91 Å². The van der Waals surface area contributed by atoms with Gasteiger partial charge < -0.3 is 11.1 Å². The zero-order valence-electron chi connectivity index (χ0n) is 10.3. The molecule has 0 heterocycles. The van der Waals surface area contributed by atoms with E-state index in [1.165, 1.54) is 18.2 Å². The van der Waals surface area contributed by atoms with Gasteiger partial charge in [0.15, 0.2) is 0 Å². The fourth-order valence-electron chi connectivity index (χ4n) is 1.58. The summed E-state index contributed by atoms with van der Waals surface area (Å²) in [6.45, 7) is 1.97. The van der Waals surface area contributed by atoms with Gasteiger partial charge in [-0.25, -0.2) is 4.39 Å². The van der Waals surface area contributed by atoms with Gasteiger partial charge in [-0.1, -0.05) is 31.9 Å². The van der Waals surface area contributed by atoms with Gasteiger partial charge in [0, 0.05) is 0 Å². The molecule has 18 heavy (non-hydrogen) atoms. The summed E-state index contributed by atoms with van der Waals surface area (Å²) in [5.41, 5.74) is 5.11. The van der Waals surface area contributed by atoms with Crippen molar-refractivity contribution >= 4 is 11.8 Å². The summed E-state index contributed by atoms with van der Waals surface area (Å²) in [4.78, 5) is 23.0. The van der Waals surface area contributed by atoms with Gasteiger partial charge in [-0.05, 0) is 18.6 Å². The largest absolute Gasteiger partial charge is 0.368 e. The van der Waals surface area contributed by atoms with E-state index in [1.54, 1.807) is 6.07 Å². The topological polar surface area (TPSA) is 72.2 Å². The number of carbonyl (C=O) groups is 2. The van der Waals surface area contributed by atoms with Gasteiger partial charge in [0.05, 0.1) is 5.56 Å². The first-order valence-corrected chi connectivity index (χ1v) is 5.91. The van der Waals surface area contributed by atoms with E-state index in [9.17, 15) is 14.0 Å². The van der Waals surface area contributed by atoms with Crippen LogP contribution >= 0.6 is 0 Å². The van der Waals surface area contributed by atoms with E-state index in [0.717, 1.165) is 12.8 Å². The van der Waals surface area contributed by atoms with Crippen LogP contribution in [0.3, 0.4) is 0 Å². The number of nitrogens with two attached hydrogens (primary N) is 1. The molecular formula is C13H17FN2O2. The number of unbranched alkanes of at least 4 members (excludes halogenated alkanes) is 1. The van der Waals surface area contributed by atoms with Gasteiger partial charge in [-0.3, -0.25) is 9.59 Å². The second kappa shape index (κ2) is 6.74. The third-order valence-corrected chi connectivity index (χ3v) is 2.61. The molecule has 0 spiro atoms. The van der Waals surface area contributed by atoms with Crippen LogP contribution in [0.1, 0.15) is 36.5 Å². The lowest BCUT2D eigenvalue weighted by Crippen LogP contribution is -2.44. The smallest absolute Gasteiger partial charge is 0.254 e. The maximum Gasteiger partial charge on any atom is 0.254 e. The monoisotopic (exact) mass is 252 g/mol. The zero-order valence-corrected chi connectivity index (χ0v) is 10.3. The summed E-state index contributed by atoms with van der Waals surface area (Å²) in [5, 5.41) is 2.45. The Balaban J connectivity index is 2.72. The quantitative estimate of drug-likeness (QED) is 0.807. The summed E-state index contributed by atoms with van der Waals surface area (Å²) >= 11 is 0. The van der Waals surface area contributed by atoms with Crippen molar-refractivity contribution in [2.45, 2.75) is 32.2 Å². The first kappa shape index (κ1) is 14.2. The van der Waals surface area contributed by atoms with Gasteiger partial charge >= 0.3 is 0 Å². The standard InChI is InChI=1S/C13H17FN2O2/c1-2-3-8-11(12(15)17)16-13(18)9-6-4-5-7-10(9)14/h4-7,11H,2-3,8H2,1H3,(H2,15,17)(H,16,18)/t11-/m1/s1. The molecule has 4 nitrogen and oxygen atoms in total. The van der Waals surface area contributed by atoms with E-state index in [1.807, 2.05) is 6.92 Å². The van der Waals surface area contributed by atoms with E-state index in [2.05, 4.69) is 5.32 Å². The Bertz CT molecular complexity index is 435. The van der Waals surface area contributed by atoms with E-state index >= 15 is 0 Å². The van der Waals surface area contributed by atoms with Crippen LogP contribution in [0.25, 0.3) is 0 Å². The van der Waals surface area contributed by atoms with Crippen LogP contribution in [0, 0.1) is 5.82 Å². The molecule has 5 heteroatoms. The molecule has 3 N–H and O–H groups in total. The fraction of sp³-hybridized carbons (Fsp3) is 0.385. The lowest BCUT2D eigenvalue weighted by Gasteiger charge is -2.15. The highest BCUT2D eigenvalue weighted by Gasteiger charge is 2.19.